The van der Waals surface area contributed by atoms with E-state index in [0.29, 0.717) is 0 Å². The maximum atomic E-state index is 5.98. The maximum absolute atomic E-state index is 5.98. The minimum Gasteiger partial charge on any atom is -0.140 e. The predicted molar refractivity (Wildman–Crippen MR) is 74.7 cm³/mol. The molecule has 1 aromatic heterocycles. The maximum Gasteiger partial charge on any atom is 0.0412 e. The number of rotatable bonds is 5. The molecule has 0 N–H and O–H groups in total. The topological polar surface area (TPSA) is 0 Å². The van der Waals surface area contributed by atoms with Gasteiger partial charge in [-0.25, -0.2) is 0 Å². The Kier molecular flexibility index (Phi) is 4.25. The molecule has 1 heterocycles. The number of hydrogen-bond acceptors (Lipinski definition) is 1. The highest BCUT2D eigenvalue weighted by Crippen LogP contribution is 2.29. The Balaban J connectivity index is 2.02. The zero-order valence-corrected chi connectivity index (χ0v) is 11.2. The van der Waals surface area contributed by atoms with E-state index in [1.54, 1.807) is 0 Å². The van der Waals surface area contributed by atoms with Crippen LogP contribution in [0.1, 0.15) is 37.5 Å². The van der Waals surface area contributed by atoms with Crippen LogP contribution in [0.15, 0.2) is 24.3 Å². The molecule has 16 heavy (non-hydrogen) atoms. The highest BCUT2D eigenvalue weighted by molar-refractivity contribution is 7.19. The second kappa shape index (κ2) is 5.70. The van der Waals surface area contributed by atoms with Gasteiger partial charge in [-0.15, -0.1) is 11.3 Å². The summed E-state index contributed by atoms with van der Waals surface area (Å²) in [5.74, 6) is 0. The summed E-state index contributed by atoms with van der Waals surface area (Å²) < 4.78 is 1.36. The van der Waals surface area contributed by atoms with E-state index in [4.69, 9.17) is 11.6 Å². The van der Waals surface area contributed by atoms with E-state index in [0.717, 1.165) is 5.02 Å². The van der Waals surface area contributed by atoms with Gasteiger partial charge in [0.25, 0.3) is 0 Å². The van der Waals surface area contributed by atoms with Gasteiger partial charge >= 0.3 is 0 Å². The Morgan fingerprint density at radius 3 is 2.81 bits per heavy atom. The Hall–Kier alpha value is -0.530. The molecule has 0 aliphatic rings. The van der Waals surface area contributed by atoms with Crippen molar-refractivity contribution in [3.63, 3.8) is 0 Å². The molecule has 0 saturated heterocycles. The zero-order chi connectivity index (χ0) is 11.4. The van der Waals surface area contributed by atoms with Gasteiger partial charge in [-0.3, -0.25) is 0 Å². The van der Waals surface area contributed by atoms with Gasteiger partial charge < -0.3 is 0 Å². The fourth-order valence-corrected chi connectivity index (χ4v) is 3.19. The molecule has 2 aromatic rings. The van der Waals surface area contributed by atoms with Gasteiger partial charge in [0.2, 0.25) is 0 Å². The van der Waals surface area contributed by atoms with Crippen molar-refractivity contribution >= 4 is 33.0 Å². The first-order chi connectivity index (χ1) is 7.79. The van der Waals surface area contributed by atoms with E-state index in [-0.39, 0.29) is 0 Å². The fraction of sp³-hybridized carbons (Fsp3) is 0.429. The Morgan fingerprint density at radius 2 is 2.00 bits per heavy atom. The second-order valence-electron chi connectivity index (χ2n) is 4.21. The molecule has 0 atom stereocenters. The summed E-state index contributed by atoms with van der Waals surface area (Å²) in [6.45, 7) is 2.25. The van der Waals surface area contributed by atoms with E-state index in [1.807, 2.05) is 17.4 Å². The molecule has 0 amide bonds. The van der Waals surface area contributed by atoms with Crippen LogP contribution in [0.2, 0.25) is 5.02 Å². The van der Waals surface area contributed by atoms with Crippen LogP contribution in [-0.2, 0) is 6.42 Å². The van der Waals surface area contributed by atoms with Crippen LogP contribution in [-0.4, -0.2) is 0 Å². The standard InChI is InChI=1S/C14H17ClS/c1-2-3-4-5-6-13-10-11-9-12(15)7-8-14(11)16-13/h7-10H,2-6H2,1H3. The molecule has 0 saturated carbocycles. The lowest BCUT2D eigenvalue weighted by molar-refractivity contribution is 0.670. The lowest BCUT2D eigenvalue weighted by Gasteiger charge is -1.96. The van der Waals surface area contributed by atoms with Gasteiger partial charge in [0.1, 0.15) is 0 Å². The zero-order valence-electron chi connectivity index (χ0n) is 9.63. The second-order valence-corrected chi connectivity index (χ2v) is 5.81. The van der Waals surface area contributed by atoms with E-state index >= 15 is 0 Å². The number of fused-ring (bicyclic) bond motifs is 1. The third-order valence-electron chi connectivity index (χ3n) is 2.81. The minimum absolute atomic E-state index is 0.836. The lowest BCUT2D eigenvalue weighted by atomic mass is 10.1. The van der Waals surface area contributed by atoms with Gasteiger partial charge in [0.05, 0.1) is 0 Å². The van der Waals surface area contributed by atoms with Crippen molar-refractivity contribution in [2.45, 2.75) is 39.0 Å². The van der Waals surface area contributed by atoms with Crippen LogP contribution in [0.5, 0.6) is 0 Å². The lowest BCUT2D eigenvalue weighted by Crippen LogP contribution is -1.80. The highest BCUT2D eigenvalue weighted by Gasteiger charge is 2.02. The first-order valence-electron chi connectivity index (χ1n) is 5.97. The predicted octanol–water partition coefficient (Wildman–Crippen LogP) is 5.68. The number of halogens is 1. The van der Waals surface area contributed by atoms with Crippen molar-refractivity contribution < 1.29 is 0 Å². The third-order valence-corrected chi connectivity index (χ3v) is 4.22. The van der Waals surface area contributed by atoms with Crippen molar-refractivity contribution in [3.8, 4) is 0 Å². The summed E-state index contributed by atoms with van der Waals surface area (Å²) in [5, 5.41) is 2.13. The molecule has 0 spiro atoms. The molecule has 86 valence electrons. The summed E-state index contributed by atoms with van der Waals surface area (Å²) in [4.78, 5) is 1.49. The molecule has 0 fully saturated rings. The van der Waals surface area contributed by atoms with E-state index in [9.17, 15) is 0 Å². The van der Waals surface area contributed by atoms with Crippen LogP contribution in [0, 0.1) is 0 Å². The van der Waals surface area contributed by atoms with E-state index in [1.165, 1.54) is 47.1 Å². The van der Waals surface area contributed by atoms with Crippen molar-refractivity contribution in [2.24, 2.45) is 0 Å². The van der Waals surface area contributed by atoms with Crippen molar-refractivity contribution in [3.05, 3.63) is 34.2 Å². The minimum atomic E-state index is 0.836. The summed E-state index contributed by atoms with van der Waals surface area (Å²) in [7, 11) is 0. The number of aryl methyl sites for hydroxylation is 1. The van der Waals surface area contributed by atoms with Crippen molar-refractivity contribution in [1.29, 1.82) is 0 Å². The van der Waals surface area contributed by atoms with Crippen LogP contribution >= 0.6 is 22.9 Å². The monoisotopic (exact) mass is 252 g/mol. The molecule has 2 rings (SSSR count). The van der Waals surface area contributed by atoms with Crippen LogP contribution in [0.4, 0.5) is 0 Å². The average molecular weight is 253 g/mol. The fourth-order valence-electron chi connectivity index (χ4n) is 1.92. The van der Waals surface area contributed by atoms with Gasteiger partial charge in [-0.2, -0.15) is 0 Å². The molecule has 0 unspecified atom stereocenters. The first kappa shape index (κ1) is 11.9. The number of benzene rings is 1. The summed E-state index contributed by atoms with van der Waals surface area (Å²) in [6.07, 6.45) is 6.55. The summed E-state index contributed by atoms with van der Waals surface area (Å²) in [5.41, 5.74) is 0. The number of unbranched alkanes of at least 4 members (excludes halogenated alkanes) is 3. The molecule has 0 aliphatic heterocycles. The van der Waals surface area contributed by atoms with Gasteiger partial charge in [0.15, 0.2) is 0 Å². The van der Waals surface area contributed by atoms with Gasteiger partial charge in [-0.05, 0) is 42.5 Å². The summed E-state index contributed by atoms with van der Waals surface area (Å²) in [6, 6.07) is 8.44. The Labute approximate surface area is 106 Å². The quantitative estimate of drug-likeness (QED) is 0.601. The highest BCUT2D eigenvalue weighted by atomic mass is 35.5. The SMILES string of the molecule is CCCCCCc1cc2cc(Cl)ccc2s1. The molecule has 0 nitrogen and oxygen atoms in total. The normalized spacial score (nSPS) is 11.1. The smallest absolute Gasteiger partial charge is 0.0412 e. The van der Waals surface area contributed by atoms with Crippen molar-refractivity contribution in [2.75, 3.05) is 0 Å². The molecule has 0 radical (unpaired) electrons. The van der Waals surface area contributed by atoms with Crippen LogP contribution in [0.3, 0.4) is 0 Å². The first-order valence-corrected chi connectivity index (χ1v) is 7.17. The summed E-state index contributed by atoms with van der Waals surface area (Å²) >= 11 is 7.88. The van der Waals surface area contributed by atoms with Gasteiger partial charge in [-0.1, -0.05) is 37.8 Å². The number of thiophene rings is 1. The number of hydrogen-bond donors (Lipinski definition) is 0. The molecule has 0 aliphatic carbocycles. The molecular formula is C14H17ClS. The Morgan fingerprint density at radius 1 is 1.12 bits per heavy atom. The largest absolute Gasteiger partial charge is 0.140 e. The van der Waals surface area contributed by atoms with Crippen LogP contribution < -0.4 is 0 Å². The molecule has 2 heteroatoms. The van der Waals surface area contributed by atoms with Gasteiger partial charge in [0, 0.05) is 14.6 Å². The van der Waals surface area contributed by atoms with E-state index in [2.05, 4.69) is 25.1 Å². The molecular weight excluding hydrogens is 236 g/mol. The molecule has 0 bridgehead atoms. The van der Waals surface area contributed by atoms with Crippen LogP contribution in [0.25, 0.3) is 10.1 Å². The Bertz CT molecular complexity index is 459. The van der Waals surface area contributed by atoms with Crippen molar-refractivity contribution in [1.82, 2.24) is 0 Å². The molecule has 1 aromatic carbocycles. The average Bonchev–Trinajstić information content (AvgIpc) is 2.66. The van der Waals surface area contributed by atoms with E-state index < -0.39 is 0 Å². The third kappa shape index (κ3) is 2.99.